The Morgan fingerprint density at radius 1 is 0.235 bits per heavy atom. The Hall–Kier alpha value is -13.5. The molecule has 102 heavy (non-hydrogen) atoms. The molecule has 1 aliphatic rings. The van der Waals surface area contributed by atoms with Gasteiger partial charge in [-0.3, -0.25) is 0 Å². The predicted molar refractivity (Wildman–Crippen MR) is 416 cm³/mol. The van der Waals surface area contributed by atoms with E-state index < -0.39 is 0 Å². The third-order valence-electron chi connectivity index (χ3n) is 21.5. The van der Waals surface area contributed by atoms with Gasteiger partial charge in [0.05, 0.1) is 0 Å². The van der Waals surface area contributed by atoms with Crippen LogP contribution < -0.4 is 0 Å². The Balaban J connectivity index is 0.669. The molecule has 9 heteroatoms. The maximum Gasteiger partial charge on any atom is 0.164 e. The highest BCUT2D eigenvalue weighted by Gasteiger charge is 2.38. The van der Waals surface area contributed by atoms with Gasteiger partial charge in [-0.05, 0) is 148 Å². The molecule has 0 bridgehead atoms. The second-order valence-electron chi connectivity index (χ2n) is 27.5. The zero-order valence-electron chi connectivity index (χ0n) is 55.1. The van der Waals surface area contributed by atoms with Crippen LogP contribution in [0.2, 0.25) is 0 Å². The Kier molecular flexibility index (Phi) is 11.8. The quantitative estimate of drug-likeness (QED) is 0.144. The molecule has 22 rings (SSSR count). The molecule has 0 radical (unpaired) electrons. The van der Waals surface area contributed by atoms with Gasteiger partial charge in [0.2, 0.25) is 0 Å². The van der Waals surface area contributed by atoms with Gasteiger partial charge in [0.1, 0.15) is 33.5 Å². The van der Waals surface area contributed by atoms with Crippen LogP contribution in [0, 0.1) is 0 Å². The van der Waals surface area contributed by atoms with Crippen molar-refractivity contribution in [3.05, 3.63) is 302 Å². The zero-order valence-corrected chi connectivity index (χ0v) is 55.1. The van der Waals surface area contributed by atoms with E-state index in [-0.39, 0.29) is 5.41 Å². The molecule has 0 spiro atoms. The minimum atomic E-state index is -0.188. The standard InChI is InChI=1S/C93H54N6O3/c1-93(2)73-32-13-10-27-65(73)83-63-25-8-6-23-61(63)79-59-42-39-58(48-54(59)37-44-68(79)85(83)93)90-95-88(97-92(99-90)71-31-18-36-78-82(71)67-29-12-15-34-75(67)101-78)56-22-16-21-52(47-56)53-41-46-76-72(50-53)84-64-26-9-7-24-62(64)80-60-43-40-57(49-55(60)38-45-69(80)86(84)102-76)89-94-87(51-19-4-3-5-20-51)96-91(98-89)70-30-17-35-77-81(70)66-28-11-14-33-74(66)100-77/h3-50H,1-2H3. The molecule has 1 aliphatic carbocycles. The second-order valence-corrected chi connectivity index (χ2v) is 27.5. The second kappa shape index (κ2) is 21.3. The van der Waals surface area contributed by atoms with Gasteiger partial charge in [-0.1, -0.05) is 244 Å². The van der Waals surface area contributed by atoms with Crippen molar-refractivity contribution in [1.82, 2.24) is 29.9 Å². The van der Waals surface area contributed by atoms with Gasteiger partial charge in [-0.25, -0.2) is 29.9 Å². The molecule has 0 atom stereocenters. The molecule has 474 valence electrons. The summed E-state index contributed by atoms with van der Waals surface area (Å²) in [7, 11) is 0. The normalized spacial score (nSPS) is 12.9. The molecule has 0 aliphatic heterocycles. The van der Waals surface area contributed by atoms with Crippen LogP contribution in [0.4, 0.5) is 0 Å². The van der Waals surface area contributed by atoms with Crippen LogP contribution in [0.25, 0.3) is 221 Å². The van der Waals surface area contributed by atoms with Gasteiger partial charge >= 0.3 is 0 Å². The fourth-order valence-electron chi connectivity index (χ4n) is 16.9. The predicted octanol–water partition coefficient (Wildman–Crippen LogP) is 24.6. The first-order chi connectivity index (χ1) is 50.3. The Morgan fingerprint density at radius 3 is 1.29 bits per heavy atom. The first-order valence-electron chi connectivity index (χ1n) is 34.6. The highest BCUT2D eigenvalue weighted by Crippen LogP contribution is 2.56. The molecule has 21 aromatic rings. The monoisotopic (exact) mass is 1300 g/mol. The summed E-state index contributed by atoms with van der Waals surface area (Å²) in [5.41, 5.74) is 17.3. The summed E-state index contributed by atoms with van der Waals surface area (Å²) in [6.07, 6.45) is 0. The fourth-order valence-corrected chi connectivity index (χ4v) is 16.9. The summed E-state index contributed by atoms with van der Waals surface area (Å²) >= 11 is 0. The molecule has 0 saturated heterocycles. The molecule has 9 nitrogen and oxygen atoms in total. The van der Waals surface area contributed by atoms with Crippen molar-refractivity contribution in [2.75, 3.05) is 0 Å². The summed E-state index contributed by atoms with van der Waals surface area (Å²) in [4.78, 5) is 31.8. The number of rotatable bonds is 7. The van der Waals surface area contributed by atoms with Crippen LogP contribution >= 0.6 is 0 Å². The van der Waals surface area contributed by atoms with Gasteiger partial charge in [-0.2, -0.15) is 0 Å². The van der Waals surface area contributed by atoms with Crippen LogP contribution in [-0.4, -0.2) is 29.9 Å². The average Bonchev–Trinajstić information content (AvgIpc) is 1.49. The lowest BCUT2D eigenvalue weighted by Crippen LogP contribution is -2.15. The number of furan rings is 3. The van der Waals surface area contributed by atoms with Crippen LogP contribution in [0.15, 0.2) is 304 Å². The summed E-state index contributed by atoms with van der Waals surface area (Å²) in [5, 5.41) is 19.9. The number of nitrogens with zero attached hydrogens (tertiary/aromatic N) is 6. The van der Waals surface area contributed by atoms with Crippen LogP contribution in [0.3, 0.4) is 0 Å². The SMILES string of the molecule is CC1(C)c2ccccc2-c2c1c1ccc3cc(-c4nc(-c5cccc(-c6ccc7oc8c9ccc%10cc(-c%11nc(-c%12ccccc%12)nc(-c%12cccc%13oc%14ccccc%14c%12%13)n%11)ccc%10c9c9ccccc9c8c7c6)c5)nc(-c5cccc6oc7ccccc7c56)n4)ccc3c1c1ccccc21. The number of hydrogen-bond donors (Lipinski definition) is 0. The van der Waals surface area contributed by atoms with E-state index >= 15 is 0 Å². The van der Waals surface area contributed by atoms with E-state index in [4.69, 9.17) is 43.2 Å². The Labute approximate surface area is 582 Å². The van der Waals surface area contributed by atoms with Crippen molar-refractivity contribution in [2.24, 2.45) is 0 Å². The Bertz CT molecular complexity index is 7250. The lowest BCUT2D eigenvalue weighted by atomic mass is 9.78. The van der Waals surface area contributed by atoms with Crippen LogP contribution in [0.1, 0.15) is 25.0 Å². The molecular weight excluding hydrogens is 1250 g/mol. The van der Waals surface area contributed by atoms with Gasteiger partial charge in [0.25, 0.3) is 0 Å². The molecule has 0 saturated carbocycles. The fraction of sp³-hybridized carbons (Fsp3) is 0.0323. The van der Waals surface area contributed by atoms with Crippen molar-refractivity contribution in [3.63, 3.8) is 0 Å². The van der Waals surface area contributed by atoms with E-state index in [1.54, 1.807) is 0 Å². The molecule has 5 heterocycles. The van der Waals surface area contributed by atoms with Crippen LogP contribution in [0.5, 0.6) is 0 Å². The highest BCUT2D eigenvalue weighted by molar-refractivity contribution is 6.35. The minimum absolute atomic E-state index is 0.188. The number of para-hydroxylation sites is 2. The lowest BCUT2D eigenvalue weighted by molar-refractivity contribution is 0.666. The number of aromatic nitrogens is 6. The van der Waals surface area contributed by atoms with E-state index in [1.807, 2.05) is 91.0 Å². The molecule has 0 unspecified atom stereocenters. The maximum atomic E-state index is 7.06. The van der Waals surface area contributed by atoms with Crippen molar-refractivity contribution in [1.29, 1.82) is 0 Å². The highest BCUT2D eigenvalue weighted by atomic mass is 16.3. The van der Waals surface area contributed by atoms with Gasteiger partial charge < -0.3 is 13.3 Å². The van der Waals surface area contributed by atoms with Gasteiger partial charge in [-0.15, -0.1) is 0 Å². The summed E-state index contributed by atoms with van der Waals surface area (Å²) < 4.78 is 19.9. The van der Waals surface area contributed by atoms with E-state index in [9.17, 15) is 0 Å². The largest absolute Gasteiger partial charge is 0.456 e. The summed E-state index contributed by atoms with van der Waals surface area (Å²) in [6.45, 7) is 4.75. The third kappa shape index (κ3) is 8.27. The Morgan fingerprint density at radius 2 is 0.657 bits per heavy atom. The maximum absolute atomic E-state index is 7.06. The summed E-state index contributed by atoms with van der Waals surface area (Å²) in [5.74, 6) is 3.43. The number of benzene rings is 16. The van der Waals surface area contributed by atoms with Crippen molar-refractivity contribution < 1.29 is 13.3 Å². The smallest absolute Gasteiger partial charge is 0.164 e. The first kappa shape index (κ1) is 56.5. The topological polar surface area (TPSA) is 117 Å². The van der Waals surface area contributed by atoms with Crippen molar-refractivity contribution in [2.45, 2.75) is 19.3 Å². The molecule has 0 fully saturated rings. The average molecular weight is 1300 g/mol. The van der Waals surface area contributed by atoms with E-state index in [0.717, 1.165) is 148 Å². The van der Waals surface area contributed by atoms with Gasteiger partial charge in [0, 0.05) is 81.9 Å². The first-order valence-corrected chi connectivity index (χ1v) is 34.6. The van der Waals surface area contributed by atoms with Crippen molar-refractivity contribution in [3.8, 4) is 90.6 Å². The number of fused-ring (bicyclic) bond motifs is 26. The molecule has 5 aromatic heterocycles. The van der Waals surface area contributed by atoms with Crippen LogP contribution in [-0.2, 0) is 5.41 Å². The molecule has 0 amide bonds. The van der Waals surface area contributed by atoms with E-state index in [2.05, 4.69) is 214 Å². The van der Waals surface area contributed by atoms with E-state index in [1.165, 1.54) is 49.2 Å². The molecular formula is C93H54N6O3. The minimum Gasteiger partial charge on any atom is -0.456 e. The van der Waals surface area contributed by atoms with Crippen molar-refractivity contribution >= 4 is 130 Å². The van der Waals surface area contributed by atoms with Gasteiger partial charge in [0.15, 0.2) is 34.9 Å². The number of hydrogen-bond acceptors (Lipinski definition) is 9. The molecule has 0 N–H and O–H groups in total. The third-order valence-corrected chi connectivity index (χ3v) is 21.5. The zero-order chi connectivity index (χ0) is 67.1. The van der Waals surface area contributed by atoms with E-state index in [0.29, 0.717) is 34.9 Å². The lowest BCUT2D eigenvalue weighted by Gasteiger charge is -2.24. The molecule has 16 aromatic carbocycles. The summed E-state index contributed by atoms with van der Waals surface area (Å²) in [6, 6.07) is 103.